The highest BCUT2D eigenvalue weighted by Gasteiger charge is 1.92. The fraction of sp³-hybridized carbons (Fsp3) is 0.286. The van der Waals surface area contributed by atoms with Crippen LogP contribution in [0.15, 0.2) is 18.3 Å². The molecule has 11 heavy (non-hydrogen) atoms. The van der Waals surface area contributed by atoms with Gasteiger partial charge in [-0.05, 0) is 11.6 Å². The van der Waals surface area contributed by atoms with Gasteiger partial charge in [-0.25, -0.2) is 0 Å². The molecule has 0 aliphatic heterocycles. The summed E-state index contributed by atoms with van der Waals surface area (Å²) < 4.78 is 0. The largest absolute Gasteiger partial charge is 0.390 e. The van der Waals surface area contributed by atoms with Gasteiger partial charge in [0, 0.05) is 12.7 Å². The number of hydrogen-bond donors (Lipinski definition) is 3. The third kappa shape index (κ3) is 2.27. The lowest BCUT2D eigenvalue weighted by Crippen LogP contribution is -2.20. The first kappa shape index (κ1) is 8.13. The number of nitrogens with two attached hydrogens (primary N) is 1. The highest BCUT2D eigenvalue weighted by atomic mass is 16.3. The predicted molar refractivity (Wildman–Crippen MR) is 41.2 cm³/mol. The first-order valence-electron chi connectivity index (χ1n) is 3.35. The van der Waals surface area contributed by atoms with Crippen molar-refractivity contribution < 1.29 is 5.11 Å². The first-order valence-corrected chi connectivity index (χ1v) is 3.35. The molecule has 1 heterocycles. The molecule has 4 heteroatoms. The number of hydrogen-bond acceptors (Lipinski definition) is 4. The monoisotopic (exact) mass is 153 g/mol. The minimum absolute atomic E-state index is 0.0175. The Morgan fingerprint density at radius 2 is 2.36 bits per heavy atom. The summed E-state index contributed by atoms with van der Waals surface area (Å²) in [6, 6.07) is 3.64. The lowest BCUT2D eigenvalue weighted by molar-refractivity contribution is 0.277. The van der Waals surface area contributed by atoms with Crippen molar-refractivity contribution >= 4 is 0 Å². The molecule has 0 fully saturated rings. The second-order valence-electron chi connectivity index (χ2n) is 2.20. The lowest BCUT2D eigenvalue weighted by Gasteiger charge is -1.99. The summed E-state index contributed by atoms with van der Waals surface area (Å²) in [6.07, 6.45) is 1.69. The van der Waals surface area contributed by atoms with E-state index in [0.717, 1.165) is 5.56 Å². The maximum Gasteiger partial charge on any atom is 0.0852 e. The number of aliphatic hydroxyl groups excluding tert-OH is 1. The average Bonchev–Trinajstić information content (AvgIpc) is 2.07. The first-order chi connectivity index (χ1) is 5.36. The van der Waals surface area contributed by atoms with Crippen molar-refractivity contribution in [3.05, 3.63) is 29.6 Å². The average molecular weight is 153 g/mol. The number of aliphatic hydroxyl groups is 1. The Morgan fingerprint density at radius 1 is 1.55 bits per heavy atom. The quantitative estimate of drug-likeness (QED) is 0.406. The number of hydrazine groups is 1. The standard InChI is InChI=1S/C7H11N3O/c8-10-4-6-1-2-7(5-11)9-3-6/h1-3,10-11H,4-5,8H2. The molecule has 0 aliphatic rings. The maximum absolute atomic E-state index is 8.66. The van der Waals surface area contributed by atoms with Gasteiger partial charge in [0.1, 0.15) is 0 Å². The van der Waals surface area contributed by atoms with Gasteiger partial charge in [0.15, 0.2) is 0 Å². The number of pyridine rings is 1. The van der Waals surface area contributed by atoms with Crippen LogP contribution in [-0.2, 0) is 13.2 Å². The van der Waals surface area contributed by atoms with Gasteiger partial charge in [-0.3, -0.25) is 16.3 Å². The van der Waals surface area contributed by atoms with Crippen LogP contribution in [0, 0.1) is 0 Å². The topological polar surface area (TPSA) is 71.2 Å². The van der Waals surface area contributed by atoms with Crippen LogP contribution in [0.1, 0.15) is 11.3 Å². The summed E-state index contributed by atoms with van der Waals surface area (Å²) in [4.78, 5) is 3.97. The van der Waals surface area contributed by atoms with Gasteiger partial charge in [-0.2, -0.15) is 0 Å². The van der Waals surface area contributed by atoms with Crippen LogP contribution in [0.3, 0.4) is 0 Å². The van der Waals surface area contributed by atoms with E-state index >= 15 is 0 Å². The second-order valence-corrected chi connectivity index (χ2v) is 2.20. The number of rotatable bonds is 3. The molecular weight excluding hydrogens is 142 g/mol. The van der Waals surface area contributed by atoms with Crippen molar-refractivity contribution in [2.45, 2.75) is 13.2 Å². The minimum atomic E-state index is -0.0175. The third-order valence-electron chi connectivity index (χ3n) is 1.35. The molecule has 0 saturated carbocycles. The molecule has 0 radical (unpaired) electrons. The molecule has 1 rings (SSSR count). The summed E-state index contributed by atoms with van der Waals surface area (Å²) in [7, 11) is 0. The Balaban J connectivity index is 2.66. The molecule has 0 aliphatic carbocycles. The molecule has 0 aromatic carbocycles. The van der Waals surface area contributed by atoms with Crippen LogP contribution < -0.4 is 11.3 Å². The van der Waals surface area contributed by atoms with E-state index in [4.69, 9.17) is 10.9 Å². The Morgan fingerprint density at radius 3 is 2.82 bits per heavy atom. The van der Waals surface area contributed by atoms with Crippen molar-refractivity contribution in [1.29, 1.82) is 0 Å². The Labute approximate surface area is 65.0 Å². The lowest BCUT2D eigenvalue weighted by atomic mass is 10.2. The zero-order valence-corrected chi connectivity index (χ0v) is 6.12. The van der Waals surface area contributed by atoms with E-state index in [1.54, 1.807) is 12.3 Å². The van der Waals surface area contributed by atoms with E-state index in [1.807, 2.05) is 6.07 Å². The molecule has 0 bridgehead atoms. The molecule has 4 N–H and O–H groups in total. The molecule has 0 saturated heterocycles. The Hall–Kier alpha value is -0.970. The predicted octanol–water partition coefficient (Wildman–Crippen LogP) is -0.463. The number of aromatic nitrogens is 1. The SMILES string of the molecule is NNCc1ccc(CO)nc1. The van der Waals surface area contributed by atoms with Crippen LogP contribution in [0.25, 0.3) is 0 Å². The summed E-state index contributed by atoms with van der Waals surface area (Å²) in [5, 5.41) is 8.66. The highest BCUT2D eigenvalue weighted by molar-refractivity contribution is 5.13. The molecule has 60 valence electrons. The molecule has 1 aromatic rings. The molecule has 0 atom stereocenters. The molecule has 0 spiro atoms. The second kappa shape index (κ2) is 4.02. The van der Waals surface area contributed by atoms with Gasteiger partial charge in [0.25, 0.3) is 0 Å². The fourth-order valence-electron chi connectivity index (χ4n) is 0.771. The van der Waals surface area contributed by atoms with E-state index in [2.05, 4.69) is 10.4 Å². The van der Waals surface area contributed by atoms with Crippen LogP contribution in [-0.4, -0.2) is 10.1 Å². The van der Waals surface area contributed by atoms with Gasteiger partial charge in [-0.1, -0.05) is 6.07 Å². The third-order valence-corrected chi connectivity index (χ3v) is 1.35. The number of nitrogens with one attached hydrogen (secondary N) is 1. The van der Waals surface area contributed by atoms with E-state index < -0.39 is 0 Å². The van der Waals surface area contributed by atoms with E-state index in [0.29, 0.717) is 12.2 Å². The summed E-state index contributed by atoms with van der Waals surface area (Å²) in [5.74, 6) is 5.10. The van der Waals surface area contributed by atoms with Crippen molar-refractivity contribution in [2.24, 2.45) is 5.84 Å². The summed E-state index contributed by atoms with van der Waals surface area (Å²) in [6.45, 7) is 0.578. The van der Waals surface area contributed by atoms with Crippen molar-refractivity contribution in [2.75, 3.05) is 0 Å². The van der Waals surface area contributed by atoms with Gasteiger partial charge >= 0.3 is 0 Å². The van der Waals surface area contributed by atoms with Gasteiger partial charge in [-0.15, -0.1) is 0 Å². The molecule has 4 nitrogen and oxygen atoms in total. The maximum atomic E-state index is 8.66. The smallest absolute Gasteiger partial charge is 0.0852 e. The van der Waals surface area contributed by atoms with Crippen molar-refractivity contribution in [3.63, 3.8) is 0 Å². The molecular formula is C7H11N3O. The van der Waals surface area contributed by atoms with Crippen LogP contribution in [0.2, 0.25) is 0 Å². The van der Waals surface area contributed by atoms with Gasteiger partial charge in [0.2, 0.25) is 0 Å². The Bertz CT molecular complexity index is 209. The van der Waals surface area contributed by atoms with Crippen LogP contribution in [0.4, 0.5) is 0 Å². The normalized spacial score (nSPS) is 10.0. The van der Waals surface area contributed by atoms with Gasteiger partial charge in [0.05, 0.1) is 12.3 Å². The number of nitrogens with zero attached hydrogens (tertiary/aromatic N) is 1. The molecule has 0 amide bonds. The van der Waals surface area contributed by atoms with E-state index in [9.17, 15) is 0 Å². The van der Waals surface area contributed by atoms with E-state index in [1.165, 1.54) is 0 Å². The molecule has 0 unspecified atom stereocenters. The Kier molecular flexibility index (Phi) is 2.97. The zero-order valence-electron chi connectivity index (χ0n) is 6.12. The van der Waals surface area contributed by atoms with Crippen LogP contribution >= 0.6 is 0 Å². The van der Waals surface area contributed by atoms with Crippen LogP contribution in [0.5, 0.6) is 0 Å². The van der Waals surface area contributed by atoms with Crippen molar-refractivity contribution in [3.8, 4) is 0 Å². The fourth-order valence-corrected chi connectivity index (χ4v) is 0.771. The summed E-state index contributed by atoms with van der Waals surface area (Å²) >= 11 is 0. The zero-order chi connectivity index (χ0) is 8.10. The molecule has 1 aromatic heterocycles. The summed E-state index contributed by atoms with van der Waals surface area (Å²) in [5.41, 5.74) is 4.20. The van der Waals surface area contributed by atoms with Gasteiger partial charge < -0.3 is 5.11 Å². The van der Waals surface area contributed by atoms with E-state index in [-0.39, 0.29) is 6.61 Å². The minimum Gasteiger partial charge on any atom is -0.390 e. The van der Waals surface area contributed by atoms with Crippen molar-refractivity contribution in [1.82, 2.24) is 10.4 Å². The highest BCUT2D eigenvalue weighted by Crippen LogP contribution is 1.98.